The average Bonchev–Trinajstić information content (AvgIpc) is 3.31. The van der Waals surface area contributed by atoms with Crippen molar-refractivity contribution >= 4 is 34.6 Å². The minimum Gasteiger partial charge on any atom is -0.351 e. The summed E-state index contributed by atoms with van der Waals surface area (Å²) in [6, 6.07) is 20.8. The number of hydrogen-bond acceptors (Lipinski definition) is 2. The molecule has 2 aromatic carbocycles. The quantitative estimate of drug-likeness (QED) is 0.299. The van der Waals surface area contributed by atoms with E-state index in [1.807, 2.05) is 30.5 Å². The molecule has 1 N–H and O–H groups in total. The van der Waals surface area contributed by atoms with Gasteiger partial charge in [-0.05, 0) is 112 Å². The van der Waals surface area contributed by atoms with E-state index in [4.69, 9.17) is 28.8 Å². The summed E-state index contributed by atoms with van der Waals surface area (Å²) in [7, 11) is 0. The second-order valence-electron chi connectivity index (χ2n) is 9.39. The summed E-state index contributed by atoms with van der Waals surface area (Å²) in [4.78, 5) is 6.96. The molecule has 0 unspecified atom stereocenters. The first kappa shape index (κ1) is 23.6. The maximum absolute atomic E-state index is 6.50. The topological polar surface area (TPSA) is 33.1 Å². The number of nitrogens with one attached hydrogen (secondary N) is 1. The van der Waals surface area contributed by atoms with E-state index in [1.165, 1.54) is 22.4 Å². The molecule has 2 aromatic heterocycles. The number of aromatic nitrogens is 2. The highest BCUT2D eigenvalue weighted by molar-refractivity contribution is 7.80. The zero-order valence-electron chi connectivity index (χ0n) is 20.6. The first-order valence-corrected chi connectivity index (χ1v) is 12.6. The Morgan fingerprint density at radius 3 is 2.34 bits per heavy atom. The lowest BCUT2D eigenvalue weighted by atomic mass is 9.96. The Balaban J connectivity index is 1.72. The van der Waals surface area contributed by atoms with Crippen molar-refractivity contribution in [3.63, 3.8) is 0 Å². The zero-order chi connectivity index (χ0) is 24.9. The molecule has 3 heterocycles. The Bertz CT molecular complexity index is 1410. The van der Waals surface area contributed by atoms with Crippen molar-refractivity contribution in [2.75, 3.05) is 4.90 Å². The van der Waals surface area contributed by atoms with Crippen LogP contribution in [0.5, 0.6) is 0 Å². The number of nitrogens with zero attached hydrogens (tertiary/aromatic N) is 3. The van der Waals surface area contributed by atoms with Crippen LogP contribution < -0.4 is 10.2 Å². The van der Waals surface area contributed by atoms with Crippen molar-refractivity contribution in [2.24, 2.45) is 0 Å². The van der Waals surface area contributed by atoms with E-state index in [1.54, 1.807) is 0 Å². The summed E-state index contributed by atoms with van der Waals surface area (Å²) in [5, 5.41) is 5.06. The average molecular weight is 501 g/mol. The number of hydrogen-bond donors (Lipinski definition) is 1. The normalized spacial score (nSPS) is 17.7. The molecule has 35 heavy (non-hydrogen) atoms. The van der Waals surface area contributed by atoms with Gasteiger partial charge in [-0.2, -0.15) is 0 Å². The summed E-state index contributed by atoms with van der Waals surface area (Å²) < 4.78 is 2.30. The predicted molar refractivity (Wildman–Crippen MR) is 149 cm³/mol. The number of thiocarbonyl (C=S) groups is 1. The molecule has 0 saturated carbocycles. The lowest BCUT2D eigenvalue weighted by molar-refractivity contribution is 0.565. The van der Waals surface area contributed by atoms with E-state index in [2.05, 4.69) is 85.8 Å². The van der Waals surface area contributed by atoms with Gasteiger partial charge >= 0.3 is 0 Å². The number of pyridine rings is 1. The standard InChI is InChI=1S/C29H29ClN4S/c1-17-13-18(2)15-22(14-17)34-28(27(32-29(34)35)25-10-6-7-12-31-25)23-16-19(3)33(21(23)5)26-11-8-9-24(30)20(26)4/h6-16,27-28H,1-5H3,(H,32,35)/t27-,28+/m0/s1. The van der Waals surface area contributed by atoms with E-state index in [0.717, 1.165) is 33.3 Å². The molecule has 6 heteroatoms. The van der Waals surface area contributed by atoms with Crippen LogP contribution in [0.2, 0.25) is 5.02 Å². The molecule has 4 aromatic rings. The van der Waals surface area contributed by atoms with E-state index in [-0.39, 0.29) is 12.1 Å². The maximum Gasteiger partial charge on any atom is 0.174 e. The monoisotopic (exact) mass is 500 g/mol. The highest BCUT2D eigenvalue weighted by Crippen LogP contribution is 2.44. The Morgan fingerprint density at radius 2 is 1.66 bits per heavy atom. The zero-order valence-corrected chi connectivity index (χ0v) is 22.2. The van der Waals surface area contributed by atoms with Gasteiger partial charge in [-0.25, -0.2) is 0 Å². The van der Waals surface area contributed by atoms with Gasteiger partial charge in [0.2, 0.25) is 0 Å². The van der Waals surface area contributed by atoms with Crippen LogP contribution in [0, 0.1) is 34.6 Å². The van der Waals surface area contributed by atoms with Crippen molar-refractivity contribution in [3.8, 4) is 5.69 Å². The second-order valence-corrected chi connectivity index (χ2v) is 10.2. The molecule has 1 fully saturated rings. The molecule has 178 valence electrons. The Hall–Kier alpha value is -3.15. The van der Waals surface area contributed by atoms with Crippen molar-refractivity contribution in [1.82, 2.24) is 14.9 Å². The van der Waals surface area contributed by atoms with Gasteiger partial charge in [-0.15, -0.1) is 0 Å². The Kier molecular flexibility index (Phi) is 6.16. The van der Waals surface area contributed by atoms with E-state index in [9.17, 15) is 0 Å². The molecular weight excluding hydrogens is 472 g/mol. The summed E-state index contributed by atoms with van der Waals surface area (Å²) in [6.45, 7) is 10.7. The van der Waals surface area contributed by atoms with Gasteiger partial charge in [-0.1, -0.05) is 29.8 Å². The Morgan fingerprint density at radius 1 is 0.914 bits per heavy atom. The maximum atomic E-state index is 6.50. The van der Waals surface area contributed by atoms with Crippen LogP contribution in [0.1, 0.15) is 51.4 Å². The molecule has 0 aliphatic carbocycles. The van der Waals surface area contributed by atoms with Crippen molar-refractivity contribution in [3.05, 3.63) is 111 Å². The first-order valence-electron chi connectivity index (χ1n) is 11.8. The van der Waals surface area contributed by atoms with Gasteiger partial charge in [0.05, 0.1) is 17.8 Å². The van der Waals surface area contributed by atoms with Crippen LogP contribution in [0.15, 0.2) is 66.9 Å². The van der Waals surface area contributed by atoms with E-state index < -0.39 is 0 Å². The van der Waals surface area contributed by atoms with Crippen LogP contribution in [0.3, 0.4) is 0 Å². The number of benzene rings is 2. The molecule has 1 aliphatic heterocycles. The van der Waals surface area contributed by atoms with Gasteiger partial charge in [0.15, 0.2) is 5.11 Å². The molecule has 4 nitrogen and oxygen atoms in total. The minimum absolute atomic E-state index is 0.0574. The molecular formula is C29H29ClN4S. The van der Waals surface area contributed by atoms with Crippen LogP contribution in [-0.4, -0.2) is 14.7 Å². The van der Waals surface area contributed by atoms with Crippen molar-refractivity contribution in [1.29, 1.82) is 0 Å². The fraction of sp³-hybridized carbons (Fsp3) is 0.241. The van der Waals surface area contributed by atoms with Gasteiger partial charge in [0, 0.05) is 34.0 Å². The number of rotatable bonds is 4. The smallest absolute Gasteiger partial charge is 0.174 e. The molecule has 0 amide bonds. The number of anilines is 1. The second kappa shape index (κ2) is 9.14. The van der Waals surface area contributed by atoms with Crippen LogP contribution in [0.4, 0.5) is 5.69 Å². The van der Waals surface area contributed by atoms with Gasteiger partial charge in [-0.3, -0.25) is 4.98 Å². The predicted octanol–water partition coefficient (Wildman–Crippen LogP) is 7.24. The summed E-state index contributed by atoms with van der Waals surface area (Å²) >= 11 is 12.4. The summed E-state index contributed by atoms with van der Waals surface area (Å²) in [5.74, 6) is 0. The van der Waals surface area contributed by atoms with Crippen molar-refractivity contribution in [2.45, 2.75) is 46.7 Å². The van der Waals surface area contributed by atoms with Crippen molar-refractivity contribution < 1.29 is 0 Å². The molecule has 0 spiro atoms. The van der Waals surface area contributed by atoms with Gasteiger partial charge < -0.3 is 14.8 Å². The molecule has 2 atom stereocenters. The fourth-order valence-corrected chi connectivity index (χ4v) is 5.85. The summed E-state index contributed by atoms with van der Waals surface area (Å²) in [5.41, 5.74) is 10.2. The third kappa shape index (κ3) is 4.13. The summed E-state index contributed by atoms with van der Waals surface area (Å²) in [6.07, 6.45) is 1.84. The largest absolute Gasteiger partial charge is 0.351 e. The Labute approximate surface area is 217 Å². The minimum atomic E-state index is -0.0843. The lowest BCUT2D eigenvalue weighted by Crippen LogP contribution is -2.29. The highest BCUT2D eigenvalue weighted by Gasteiger charge is 2.42. The third-order valence-corrected chi connectivity index (χ3v) is 7.58. The fourth-order valence-electron chi connectivity index (χ4n) is 5.33. The van der Waals surface area contributed by atoms with E-state index >= 15 is 0 Å². The highest BCUT2D eigenvalue weighted by atomic mass is 35.5. The van der Waals surface area contributed by atoms with E-state index in [0.29, 0.717) is 5.11 Å². The number of halogens is 1. The SMILES string of the molecule is Cc1cc(C)cc(N2C(=S)N[C@@H](c3ccccn3)[C@H]2c2cc(C)n(-c3cccc(Cl)c3C)c2C)c1. The number of aryl methyl sites for hydroxylation is 3. The molecule has 1 saturated heterocycles. The first-order chi connectivity index (χ1) is 16.8. The lowest BCUT2D eigenvalue weighted by Gasteiger charge is -2.29. The van der Waals surface area contributed by atoms with Gasteiger partial charge in [0.1, 0.15) is 0 Å². The van der Waals surface area contributed by atoms with Crippen LogP contribution >= 0.6 is 23.8 Å². The molecule has 1 aliphatic rings. The van der Waals surface area contributed by atoms with Crippen LogP contribution in [0.25, 0.3) is 5.69 Å². The third-order valence-electron chi connectivity index (χ3n) is 6.85. The molecule has 0 bridgehead atoms. The van der Waals surface area contributed by atoms with Gasteiger partial charge in [0.25, 0.3) is 0 Å². The van der Waals surface area contributed by atoms with Crippen LogP contribution in [-0.2, 0) is 0 Å². The molecule has 0 radical (unpaired) electrons. The molecule has 5 rings (SSSR count).